The Balaban J connectivity index is 2.27. The van der Waals surface area contributed by atoms with Gasteiger partial charge < -0.3 is 19.4 Å². The van der Waals surface area contributed by atoms with Gasteiger partial charge in [-0.25, -0.2) is 4.98 Å². The molecule has 1 aromatic carbocycles. The predicted octanol–water partition coefficient (Wildman–Crippen LogP) is 2.33. The highest BCUT2D eigenvalue weighted by molar-refractivity contribution is 5.44. The van der Waals surface area contributed by atoms with Gasteiger partial charge in [0, 0.05) is 31.9 Å². The summed E-state index contributed by atoms with van der Waals surface area (Å²) >= 11 is 0. The molecular formula is C16H23N3O2. The Morgan fingerprint density at radius 2 is 2.00 bits per heavy atom. The quantitative estimate of drug-likeness (QED) is 0.850. The van der Waals surface area contributed by atoms with E-state index in [0.717, 1.165) is 35.9 Å². The first-order valence-electron chi connectivity index (χ1n) is 7.11. The number of hydrogen-bond donors (Lipinski definition) is 1. The van der Waals surface area contributed by atoms with Gasteiger partial charge in [0.2, 0.25) is 0 Å². The molecule has 0 saturated carbocycles. The Labute approximate surface area is 125 Å². The van der Waals surface area contributed by atoms with Crippen molar-refractivity contribution in [3.63, 3.8) is 0 Å². The SMILES string of the molecule is CCNC(Cc1nccn1C)c1ccc(OC)c(OC)c1. The van der Waals surface area contributed by atoms with Crippen LogP contribution < -0.4 is 14.8 Å². The largest absolute Gasteiger partial charge is 0.493 e. The fourth-order valence-electron chi connectivity index (χ4n) is 2.40. The number of benzene rings is 1. The molecule has 0 aliphatic rings. The predicted molar refractivity (Wildman–Crippen MR) is 82.9 cm³/mol. The number of likely N-dealkylation sites (N-methyl/N-ethyl adjacent to an activating group) is 1. The molecule has 0 saturated heterocycles. The average Bonchev–Trinajstić information content (AvgIpc) is 2.91. The minimum atomic E-state index is 0.191. The van der Waals surface area contributed by atoms with Gasteiger partial charge in [-0.15, -0.1) is 0 Å². The van der Waals surface area contributed by atoms with Crippen molar-refractivity contribution in [3.8, 4) is 11.5 Å². The van der Waals surface area contributed by atoms with E-state index >= 15 is 0 Å². The zero-order valence-electron chi connectivity index (χ0n) is 13.1. The molecule has 0 bridgehead atoms. The summed E-state index contributed by atoms with van der Waals surface area (Å²) in [7, 11) is 5.32. The Kier molecular flexibility index (Phi) is 5.22. The highest BCUT2D eigenvalue weighted by atomic mass is 16.5. The lowest BCUT2D eigenvalue weighted by atomic mass is 10.0. The monoisotopic (exact) mass is 289 g/mol. The van der Waals surface area contributed by atoms with Gasteiger partial charge in [-0.3, -0.25) is 0 Å². The van der Waals surface area contributed by atoms with Gasteiger partial charge in [0.25, 0.3) is 0 Å². The topological polar surface area (TPSA) is 48.3 Å². The van der Waals surface area contributed by atoms with E-state index in [4.69, 9.17) is 9.47 Å². The molecular weight excluding hydrogens is 266 g/mol. The van der Waals surface area contributed by atoms with Crippen molar-refractivity contribution in [2.45, 2.75) is 19.4 Å². The van der Waals surface area contributed by atoms with Gasteiger partial charge >= 0.3 is 0 Å². The molecule has 0 fully saturated rings. The van der Waals surface area contributed by atoms with Crippen LogP contribution in [0.25, 0.3) is 0 Å². The number of nitrogens with one attached hydrogen (secondary N) is 1. The van der Waals surface area contributed by atoms with Gasteiger partial charge in [-0.2, -0.15) is 0 Å². The number of aryl methyl sites for hydroxylation is 1. The van der Waals surface area contributed by atoms with Crippen LogP contribution in [0.5, 0.6) is 11.5 Å². The fourth-order valence-corrected chi connectivity index (χ4v) is 2.40. The van der Waals surface area contributed by atoms with Crippen LogP contribution in [-0.2, 0) is 13.5 Å². The molecule has 1 unspecified atom stereocenters. The van der Waals surface area contributed by atoms with Crippen LogP contribution in [0.3, 0.4) is 0 Å². The van der Waals surface area contributed by atoms with E-state index in [1.54, 1.807) is 14.2 Å². The summed E-state index contributed by atoms with van der Waals surface area (Å²) in [4.78, 5) is 4.41. The number of ether oxygens (including phenoxy) is 2. The van der Waals surface area contributed by atoms with Crippen LogP contribution in [0.1, 0.15) is 24.4 Å². The Morgan fingerprint density at radius 1 is 1.24 bits per heavy atom. The second-order valence-corrected chi connectivity index (χ2v) is 4.88. The summed E-state index contributed by atoms with van der Waals surface area (Å²) in [6.45, 7) is 3.00. The Hall–Kier alpha value is -2.01. The molecule has 5 heteroatoms. The second kappa shape index (κ2) is 7.13. The molecule has 0 spiro atoms. The molecule has 114 valence electrons. The van der Waals surface area contributed by atoms with Crippen molar-refractivity contribution in [1.82, 2.24) is 14.9 Å². The van der Waals surface area contributed by atoms with Crippen LogP contribution in [0, 0.1) is 0 Å². The van der Waals surface area contributed by atoms with Crippen molar-refractivity contribution in [2.75, 3.05) is 20.8 Å². The van der Waals surface area contributed by atoms with E-state index in [1.165, 1.54) is 0 Å². The van der Waals surface area contributed by atoms with Gasteiger partial charge in [0.15, 0.2) is 11.5 Å². The van der Waals surface area contributed by atoms with E-state index in [2.05, 4.69) is 23.3 Å². The maximum atomic E-state index is 5.39. The third-order valence-electron chi connectivity index (χ3n) is 3.57. The minimum Gasteiger partial charge on any atom is -0.493 e. The van der Waals surface area contributed by atoms with Crippen molar-refractivity contribution in [1.29, 1.82) is 0 Å². The van der Waals surface area contributed by atoms with Crippen molar-refractivity contribution in [2.24, 2.45) is 7.05 Å². The first-order chi connectivity index (χ1) is 10.2. The molecule has 1 aromatic heterocycles. The number of rotatable bonds is 7. The fraction of sp³-hybridized carbons (Fsp3) is 0.438. The molecule has 5 nitrogen and oxygen atoms in total. The summed E-state index contributed by atoms with van der Waals surface area (Å²) < 4.78 is 12.7. The third kappa shape index (κ3) is 3.55. The molecule has 0 aliphatic carbocycles. The average molecular weight is 289 g/mol. The molecule has 0 amide bonds. The summed E-state index contributed by atoms with van der Waals surface area (Å²) in [5.74, 6) is 2.54. The number of nitrogens with zero attached hydrogens (tertiary/aromatic N) is 2. The van der Waals surface area contributed by atoms with E-state index in [1.807, 2.05) is 36.1 Å². The molecule has 1 heterocycles. The summed E-state index contributed by atoms with van der Waals surface area (Å²) in [6, 6.07) is 6.22. The number of methoxy groups -OCH3 is 2. The van der Waals surface area contributed by atoms with Crippen molar-refractivity contribution >= 4 is 0 Å². The van der Waals surface area contributed by atoms with Gasteiger partial charge in [-0.05, 0) is 24.2 Å². The van der Waals surface area contributed by atoms with Crippen LogP contribution in [0.4, 0.5) is 0 Å². The molecule has 1 atom stereocenters. The smallest absolute Gasteiger partial charge is 0.161 e. The lowest BCUT2D eigenvalue weighted by molar-refractivity contribution is 0.353. The van der Waals surface area contributed by atoms with Crippen LogP contribution in [0.2, 0.25) is 0 Å². The number of imidazole rings is 1. The van der Waals surface area contributed by atoms with Crippen LogP contribution in [0.15, 0.2) is 30.6 Å². The summed E-state index contributed by atoms with van der Waals surface area (Å²) in [5.41, 5.74) is 1.16. The lowest BCUT2D eigenvalue weighted by Gasteiger charge is -2.19. The molecule has 0 radical (unpaired) electrons. The Morgan fingerprint density at radius 3 is 2.57 bits per heavy atom. The van der Waals surface area contributed by atoms with Gasteiger partial charge in [-0.1, -0.05) is 13.0 Å². The number of hydrogen-bond acceptors (Lipinski definition) is 4. The van der Waals surface area contributed by atoms with Crippen molar-refractivity contribution < 1.29 is 9.47 Å². The standard InChI is InChI=1S/C16H23N3O2/c1-5-17-13(11-16-18-8-9-19(16)2)12-6-7-14(20-3)15(10-12)21-4/h6-10,13,17H,5,11H2,1-4H3. The Bertz CT molecular complexity index is 581. The second-order valence-electron chi connectivity index (χ2n) is 4.88. The zero-order valence-corrected chi connectivity index (χ0v) is 13.1. The maximum absolute atomic E-state index is 5.39. The normalized spacial score (nSPS) is 12.2. The highest BCUT2D eigenvalue weighted by Crippen LogP contribution is 2.30. The van der Waals surface area contributed by atoms with E-state index in [-0.39, 0.29) is 6.04 Å². The molecule has 0 aliphatic heterocycles. The first kappa shape index (κ1) is 15.4. The molecule has 21 heavy (non-hydrogen) atoms. The van der Waals surface area contributed by atoms with Crippen LogP contribution >= 0.6 is 0 Å². The van der Waals surface area contributed by atoms with Gasteiger partial charge in [0.1, 0.15) is 5.82 Å². The highest BCUT2D eigenvalue weighted by Gasteiger charge is 2.16. The van der Waals surface area contributed by atoms with Crippen LogP contribution in [-0.4, -0.2) is 30.3 Å². The summed E-state index contributed by atoms with van der Waals surface area (Å²) in [5, 5.41) is 3.50. The van der Waals surface area contributed by atoms with E-state index < -0.39 is 0 Å². The van der Waals surface area contributed by atoms with Crippen molar-refractivity contribution in [3.05, 3.63) is 42.0 Å². The minimum absolute atomic E-state index is 0.191. The van der Waals surface area contributed by atoms with E-state index in [0.29, 0.717) is 0 Å². The zero-order chi connectivity index (χ0) is 15.2. The lowest BCUT2D eigenvalue weighted by Crippen LogP contribution is -2.24. The van der Waals surface area contributed by atoms with E-state index in [9.17, 15) is 0 Å². The van der Waals surface area contributed by atoms with Gasteiger partial charge in [0.05, 0.1) is 14.2 Å². The summed E-state index contributed by atoms with van der Waals surface area (Å²) in [6.07, 6.45) is 4.62. The third-order valence-corrected chi connectivity index (χ3v) is 3.57. The number of aromatic nitrogens is 2. The maximum Gasteiger partial charge on any atom is 0.161 e. The molecule has 1 N–H and O–H groups in total. The first-order valence-corrected chi connectivity index (χ1v) is 7.11. The molecule has 2 rings (SSSR count). The molecule has 2 aromatic rings.